The lowest BCUT2D eigenvalue weighted by Crippen LogP contribution is -2.15. The zero-order valence-corrected chi connectivity index (χ0v) is 11.1. The summed E-state index contributed by atoms with van der Waals surface area (Å²) in [7, 11) is -1.26. The van der Waals surface area contributed by atoms with E-state index in [2.05, 4.69) is 25.3 Å². The molecule has 0 fully saturated rings. The molecule has 16 heavy (non-hydrogen) atoms. The maximum absolute atomic E-state index is 11.5. The Kier molecular flexibility index (Phi) is 4.44. The quantitative estimate of drug-likeness (QED) is 0.569. The lowest BCUT2D eigenvalue weighted by Gasteiger charge is -2.06. The van der Waals surface area contributed by atoms with E-state index in [1.807, 2.05) is 36.4 Å². The van der Waals surface area contributed by atoms with Crippen molar-refractivity contribution < 1.29 is 4.79 Å². The molecule has 0 saturated heterocycles. The van der Waals surface area contributed by atoms with Crippen LogP contribution in [0.15, 0.2) is 48.2 Å². The van der Waals surface area contributed by atoms with Crippen molar-refractivity contribution in [3.63, 3.8) is 0 Å². The highest BCUT2D eigenvalue weighted by Gasteiger charge is 2.07. The van der Waals surface area contributed by atoms with E-state index in [1.165, 1.54) is 0 Å². The number of ketones is 1. The first-order valence-electron chi connectivity index (χ1n) is 5.44. The average Bonchev–Trinajstić information content (AvgIpc) is 2.24. The van der Waals surface area contributed by atoms with E-state index < -0.39 is 8.07 Å². The molecule has 0 N–H and O–H groups in total. The van der Waals surface area contributed by atoms with Crippen LogP contribution in [0.25, 0.3) is 6.08 Å². The fourth-order valence-electron chi connectivity index (χ4n) is 1.13. The Morgan fingerprint density at radius 3 is 2.25 bits per heavy atom. The molecule has 84 valence electrons. The molecule has 1 rings (SSSR count). The van der Waals surface area contributed by atoms with Gasteiger partial charge in [0.25, 0.3) is 0 Å². The Bertz CT molecular complexity index is 396. The van der Waals surface area contributed by atoms with E-state index in [0.717, 1.165) is 5.56 Å². The summed E-state index contributed by atoms with van der Waals surface area (Å²) in [6, 6.07) is 9.84. The molecule has 0 aliphatic rings. The third-order valence-corrected chi connectivity index (χ3v) is 3.15. The van der Waals surface area contributed by atoms with Gasteiger partial charge in [0.15, 0.2) is 5.78 Å². The van der Waals surface area contributed by atoms with Crippen molar-refractivity contribution in [3.8, 4) is 0 Å². The Balaban J connectivity index is 2.59. The third kappa shape index (κ3) is 5.46. The van der Waals surface area contributed by atoms with Crippen molar-refractivity contribution in [2.75, 3.05) is 0 Å². The first-order valence-corrected chi connectivity index (χ1v) is 9.01. The summed E-state index contributed by atoms with van der Waals surface area (Å²) in [4.78, 5) is 11.5. The molecule has 0 radical (unpaired) electrons. The number of allylic oxidation sites excluding steroid dienone is 2. The van der Waals surface area contributed by atoms with Crippen LogP contribution in [-0.2, 0) is 4.79 Å². The topological polar surface area (TPSA) is 17.1 Å². The number of benzene rings is 1. The van der Waals surface area contributed by atoms with Gasteiger partial charge >= 0.3 is 0 Å². The van der Waals surface area contributed by atoms with Crippen LogP contribution in [0, 0.1) is 0 Å². The zero-order valence-electron chi connectivity index (χ0n) is 10.1. The predicted molar refractivity (Wildman–Crippen MR) is 73.0 cm³/mol. The van der Waals surface area contributed by atoms with Gasteiger partial charge in [0.2, 0.25) is 0 Å². The highest BCUT2D eigenvalue weighted by Crippen LogP contribution is 2.03. The molecule has 0 saturated carbocycles. The molecule has 0 aliphatic heterocycles. The van der Waals surface area contributed by atoms with E-state index in [4.69, 9.17) is 0 Å². The monoisotopic (exact) mass is 230 g/mol. The maximum atomic E-state index is 11.5. The van der Waals surface area contributed by atoms with Crippen molar-refractivity contribution in [2.24, 2.45) is 0 Å². The van der Waals surface area contributed by atoms with E-state index >= 15 is 0 Å². The first kappa shape index (κ1) is 12.7. The summed E-state index contributed by atoms with van der Waals surface area (Å²) >= 11 is 0. The smallest absolute Gasteiger partial charge is 0.177 e. The highest BCUT2D eigenvalue weighted by atomic mass is 28.3. The lowest BCUT2D eigenvalue weighted by atomic mass is 10.2. The molecule has 0 unspecified atom stereocenters. The van der Waals surface area contributed by atoms with Gasteiger partial charge in [0.05, 0.1) is 8.07 Å². The van der Waals surface area contributed by atoms with Gasteiger partial charge in [-0.15, -0.1) is 0 Å². The van der Waals surface area contributed by atoms with Crippen LogP contribution in [0.4, 0.5) is 0 Å². The van der Waals surface area contributed by atoms with Crippen LogP contribution in [-0.4, -0.2) is 13.9 Å². The predicted octanol–water partition coefficient (Wildman–Crippen LogP) is 3.70. The van der Waals surface area contributed by atoms with Gasteiger partial charge in [-0.25, -0.2) is 0 Å². The van der Waals surface area contributed by atoms with Crippen LogP contribution >= 0.6 is 0 Å². The molecule has 0 spiro atoms. The van der Waals surface area contributed by atoms with Gasteiger partial charge in [-0.1, -0.05) is 61.7 Å². The van der Waals surface area contributed by atoms with E-state index in [9.17, 15) is 4.79 Å². The van der Waals surface area contributed by atoms with Gasteiger partial charge in [-0.05, 0) is 17.7 Å². The number of hydrogen-bond acceptors (Lipinski definition) is 1. The molecule has 1 aromatic carbocycles. The van der Waals surface area contributed by atoms with Gasteiger partial charge in [-0.3, -0.25) is 4.79 Å². The Labute approximate surface area is 98.5 Å². The fraction of sp³-hybridized carbons (Fsp3) is 0.214. The SMILES string of the molecule is C[Si](C)(C)/C=C/C(=O)/C=C/c1ccccc1. The molecule has 2 heteroatoms. The number of carbonyl (C=O) groups excluding carboxylic acids is 1. The summed E-state index contributed by atoms with van der Waals surface area (Å²) in [5.74, 6) is 0.0614. The summed E-state index contributed by atoms with van der Waals surface area (Å²) in [5, 5.41) is 0. The molecule has 0 amide bonds. The third-order valence-electron chi connectivity index (χ3n) is 1.99. The van der Waals surface area contributed by atoms with Crippen molar-refractivity contribution in [2.45, 2.75) is 19.6 Å². The molecule has 0 bridgehead atoms. The largest absolute Gasteiger partial charge is 0.290 e. The highest BCUT2D eigenvalue weighted by molar-refractivity contribution is 6.81. The van der Waals surface area contributed by atoms with Crippen molar-refractivity contribution >= 4 is 19.9 Å². The van der Waals surface area contributed by atoms with E-state index in [0.29, 0.717) is 0 Å². The van der Waals surface area contributed by atoms with Crippen LogP contribution in [0.1, 0.15) is 5.56 Å². The minimum atomic E-state index is -1.26. The average molecular weight is 230 g/mol. The Morgan fingerprint density at radius 1 is 1.06 bits per heavy atom. The molecule has 0 atom stereocenters. The van der Waals surface area contributed by atoms with Crippen LogP contribution in [0.2, 0.25) is 19.6 Å². The van der Waals surface area contributed by atoms with Gasteiger partial charge in [-0.2, -0.15) is 0 Å². The second-order valence-corrected chi connectivity index (χ2v) is 9.91. The standard InChI is InChI=1S/C14H18OSi/c1-16(2,3)12-11-14(15)10-9-13-7-5-4-6-8-13/h4-12H,1-3H3/b10-9+,12-11+. The van der Waals surface area contributed by atoms with Crippen molar-refractivity contribution in [3.05, 3.63) is 53.7 Å². The number of carbonyl (C=O) groups is 1. The summed E-state index contributed by atoms with van der Waals surface area (Å²) in [6.45, 7) is 6.62. The Hall–Kier alpha value is -1.41. The maximum Gasteiger partial charge on any atom is 0.177 e. The minimum Gasteiger partial charge on any atom is -0.290 e. The molecule has 1 aromatic rings. The van der Waals surface area contributed by atoms with Gasteiger partial charge < -0.3 is 0 Å². The first-order chi connectivity index (χ1) is 7.47. The Morgan fingerprint density at radius 2 is 1.69 bits per heavy atom. The minimum absolute atomic E-state index is 0.0614. The molecule has 0 aliphatic carbocycles. The number of rotatable bonds is 4. The van der Waals surface area contributed by atoms with Gasteiger partial charge in [0, 0.05) is 0 Å². The second kappa shape index (κ2) is 5.61. The van der Waals surface area contributed by atoms with Crippen molar-refractivity contribution in [1.29, 1.82) is 0 Å². The summed E-state index contributed by atoms with van der Waals surface area (Å²) in [5.41, 5.74) is 3.11. The fourth-order valence-corrected chi connectivity index (χ4v) is 1.79. The molecular weight excluding hydrogens is 212 g/mol. The van der Waals surface area contributed by atoms with Crippen molar-refractivity contribution in [1.82, 2.24) is 0 Å². The normalized spacial score (nSPS) is 12.4. The van der Waals surface area contributed by atoms with Crippen LogP contribution < -0.4 is 0 Å². The van der Waals surface area contributed by atoms with E-state index in [-0.39, 0.29) is 5.78 Å². The second-order valence-electron chi connectivity index (χ2n) is 4.85. The van der Waals surface area contributed by atoms with Gasteiger partial charge in [0.1, 0.15) is 0 Å². The summed E-state index contributed by atoms with van der Waals surface area (Å²) in [6.07, 6.45) is 5.15. The lowest BCUT2D eigenvalue weighted by molar-refractivity contribution is -0.110. The molecule has 0 aromatic heterocycles. The van der Waals surface area contributed by atoms with Crippen LogP contribution in [0.5, 0.6) is 0 Å². The summed E-state index contributed by atoms with van der Waals surface area (Å²) < 4.78 is 0. The number of hydrogen-bond donors (Lipinski definition) is 0. The molecule has 0 heterocycles. The zero-order chi connectivity index (χ0) is 12.0. The van der Waals surface area contributed by atoms with E-state index in [1.54, 1.807) is 12.2 Å². The molecule has 1 nitrogen and oxygen atoms in total. The molecular formula is C14H18OSi. The van der Waals surface area contributed by atoms with Crippen LogP contribution in [0.3, 0.4) is 0 Å².